The Morgan fingerprint density at radius 3 is 2.26 bits per heavy atom. The van der Waals surface area contributed by atoms with Crippen molar-refractivity contribution in [2.45, 2.75) is 57.1 Å². The first kappa shape index (κ1) is 19.6. The quantitative estimate of drug-likeness (QED) is 0.361. The molecule has 0 spiro atoms. The van der Waals surface area contributed by atoms with Crippen LogP contribution in [0.4, 0.5) is 4.79 Å². The lowest BCUT2D eigenvalue weighted by molar-refractivity contribution is -0.287. The lowest BCUT2D eigenvalue weighted by atomic mass is 9.99. The van der Waals surface area contributed by atoms with Crippen LogP contribution in [0.2, 0.25) is 0 Å². The highest BCUT2D eigenvalue weighted by molar-refractivity contribution is 5.78. The molecule has 10 heteroatoms. The van der Waals surface area contributed by atoms with E-state index in [1.165, 1.54) is 0 Å². The van der Waals surface area contributed by atoms with Gasteiger partial charge in [0.05, 0.1) is 0 Å². The summed E-state index contributed by atoms with van der Waals surface area (Å²) in [4.78, 5) is 22.8. The number of hydrogen-bond acceptors (Lipinski definition) is 9. The lowest BCUT2D eigenvalue weighted by Crippen LogP contribution is -2.58. The highest BCUT2D eigenvalue weighted by Crippen LogP contribution is 2.20. The molecule has 5 N–H and O–H groups in total. The maximum Gasteiger partial charge on any atom is 0.408 e. The molecule has 134 valence electrons. The number of carbonyl (C=O) groups is 2. The van der Waals surface area contributed by atoms with Gasteiger partial charge >= 0.3 is 12.1 Å². The fourth-order valence-electron chi connectivity index (χ4n) is 1.75. The number of rotatable bonds is 4. The highest BCUT2D eigenvalue weighted by atomic mass is 16.7. The topological polar surface area (TPSA) is 155 Å². The third-order valence-electron chi connectivity index (χ3n) is 2.87. The summed E-state index contributed by atoms with van der Waals surface area (Å²) < 4.78 is 14.5. The van der Waals surface area contributed by atoms with Crippen LogP contribution in [0.1, 0.15) is 20.8 Å². The molecule has 0 bridgehead atoms. The summed E-state index contributed by atoms with van der Waals surface area (Å²) in [5, 5.41) is 39.9. The van der Waals surface area contributed by atoms with Gasteiger partial charge in [-0.25, -0.2) is 4.79 Å². The molecule has 1 rings (SSSR count). The van der Waals surface area contributed by atoms with Crippen molar-refractivity contribution < 1.29 is 44.2 Å². The Morgan fingerprint density at radius 1 is 1.09 bits per heavy atom. The van der Waals surface area contributed by atoms with Crippen LogP contribution in [0.3, 0.4) is 0 Å². The molecule has 0 aromatic rings. The number of esters is 1. The first-order valence-corrected chi connectivity index (χ1v) is 7.01. The average Bonchev–Trinajstić information content (AvgIpc) is 2.43. The van der Waals surface area contributed by atoms with Crippen molar-refractivity contribution >= 4 is 12.1 Å². The van der Waals surface area contributed by atoms with Crippen LogP contribution in [-0.4, -0.2) is 81.9 Å². The number of aliphatic hydroxyl groups is 4. The van der Waals surface area contributed by atoms with Crippen molar-refractivity contribution in [3.05, 3.63) is 0 Å². The summed E-state index contributed by atoms with van der Waals surface area (Å²) in [6.07, 6.45) is -8.56. The molecular formula is C13H23NO9. The minimum absolute atomic E-state index is 0.467. The normalized spacial score (nSPS) is 31.3. The summed E-state index contributed by atoms with van der Waals surface area (Å²) in [7, 11) is 0. The van der Waals surface area contributed by atoms with E-state index in [-0.39, 0.29) is 0 Å². The van der Waals surface area contributed by atoms with Crippen molar-refractivity contribution in [1.29, 1.82) is 0 Å². The maximum atomic E-state index is 11.5. The molecule has 10 nitrogen and oxygen atoms in total. The SMILES string of the molecule is CC(C)(C)OC(=O)NCC(=O)OC[C@H]1O[C@H](O)[C@@H](O)[C@@H](O)[C@@H]1O. The fourth-order valence-corrected chi connectivity index (χ4v) is 1.75. The number of alkyl carbamates (subject to hydrolysis) is 1. The molecule has 1 heterocycles. The van der Waals surface area contributed by atoms with E-state index in [2.05, 4.69) is 5.32 Å². The molecule has 1 amide bonds. The Bertz CT molecular complexity index is 422. The van der Waals surface area contributed by atoms with E-state index in [4.69, 9.17) is 14.2 Å². The van der Waals surface area contributed by atoms with E-state index >= 15 is 0 Å². The van der Waals surface area contributed by atoms with Gasteiger partial charge in [0.1, 0.15) is 43.2 Å². The second kappa shape index (κ2) is 7.88. The molecule has 0 aliphatic carbocycles. The van der Waals surface area contributed by atoms with Crippen molar-refractivity contribution in [2.75, 3.05) is 13.2 Å². The zero-order valence-corrected chi connectivity index (χ0v) is 13.1. The molecule has 0 unspecified atom stereocenters. The molecular weight excluding hydrogens is 314 g/mol. The summed E-state index contributed by atoms with van der Waals surface area (Å²) >= 11 is 0. The van der Waals surface area contributed by atoms with Crippen LogP contribution in [0.15, 0.2) is 0 Å². The second-order valence-electron chi connectivity index (χ2n) is 6.08. The summed E-state index contributed by atoms with van der Waals surface area (Å²) in [6.45, 7) is 4.05. The standard InChI is InChI=1S/C13H23NO9/c1-13(2,3)23-12(20)14-4-7(15)21-5-6-8(16)9(17)10(18)11(19)22-6/h6,8-11,16-19H,4-5H2,1-3H3,(H,14,20)/t6-,8-,9+,10+,11+/m1/s1. The van der Waals surface area contributed by atoms with Crippen LogP contribution in [0.25, 0.3) is 0 Å². The Balaban J connectivity index is 2.34. The number of ether oxygens (including phenoxy) is 3. The van der Waals surface area contributed by atoms with Crippen LogP contribution in [0.5, 0.6) is 0 Å². The van der Waals surface area contributed by atoms with Gasteiger partial charge in [0.15, 0.2) is 6.29 Å². The predicted molar refractivity (Wildman–Crippen MR) is 74.1 cm³/mol. The maximum absolute atomic E-state index is 11.5. The largest absolute Gasteiger partial charge is 0.461 e. The molecule has 1 fully saturated rings. The van der Waals surface area contributed by atoms with Crippen LogP contribution in [0, 0.1) is 0 Å². The lowest BCUT2D eigenvalue weighted by Gasteiger charge is -2.37. The Morgan fingerprint density at radius 2 is 1.70 bits per heavy atom. The zero-order valence-electron chi connectivity index (χ0n) is 13.1. The van der Waals surface area contributed by atoms with Gasteiger partial charge in [-0.15, -0.1) is 0 Å². The van der Waals surface area contributed by atoms with Gasteiger partial charge in [-0.2, -0.15) is 0 Å². The molecule has 0 aromatic carbocycles. The van der Waals surface area contributed by atoms with Gasteiger partial charge in [-0.05, 0) is 20.8 Å². The zero-order chi connectivity index (χ0) is 17.8. The molecule has 5 atom stereocenters. The highest BCUT2D eigenvalue weighted by Gasteiger charge is 2.43. The minimum atomic E-state index is -1.71. The second-order valence-corrected chi connectivity index (χ2v) is 6.08. The summed E-state index contributed by atoms with van der Waals surface area (Å²) in [6, 6.07) is 0. The fraction of sp³-hybridized carbons (Fsp3) is 0.846. The third kappa shape index (κ3) is 6.28. The Kier molecular flexibility index (Phi) is 6.71. The molecule has 1 saturated heterocycles. The molecule has 0 saturated carbocycles. The number of amides is 1. The first-order valence-electron chi connectivity index (χ1n) is 7.01. The molecule has 0 radical (unpaired) electrons. The minimum Gasteiger partial charge on any atom is -0.461 e. The summed E-state index contributed by atoms with van der Waals surface area (Å²) in [5.41, 5.74) is -0.707. The van der Waals surface area contributed by atoms with E-state index in [0.29, 0.717) is 0 Å². The van der Waals surface area contributed by atoms with Crippen LogP contribution < -0.4 is 5.32 Å². The van der Waals surface area contributed by atoms with E-state index in [9.17, 15) is 30.0 Å². The van der Waals surface area contributed by atoms with Crippen molar-refractivity contribution in [3.63, 3.8) is 0 Å². The van der Waals surface area contributed by atoms with Crippen LogP contribution >= 0.6 is 0 Å². The molecule has 0 aromatic heterocycles. The Hall–Kier alpha value is -1.46. The molecule has 1 aliphatic rings. The smallest absolute Gasteiger partial charge is 0.408 e. The molecule has 1 aliphatic heterocycles. The van der Waals surface area contributed by atoms with Crippen molar-refractivity contribution in [3.8, 4) is 0 Å². The average molecular weight is 337 g/mol. The van der Waals surface area contributed by atoms with Gasteiger partial charge in [-0.1, -0.05) is 0 Å². The summed E-state index contributed by atoms with van der Waals surface area (Å²) in [5.74, 6) is -0.832. The van der Waals surface area contributed by atoms with Gasteiger partial charge < -0.3 is 40.0 Å². The predicted octanol–water partition coefficient (Wildman–Crippen LogP) is -2.15. The van der Waals surface area contributed by atoms with Gasteiger partial charge in [0.25, 0.3) is 0 Å². The molecule has 23 heavy (non-hydrogen) atoms. The monoisotopic (exact) mass is 337 g/mol. The van der Waals surface area contributed by atoms with Crippen molar-refractivity contribution in [2.24, 2.45) is 0 Å². The van der Waals surface area contributed by atoms with E-state index in [1.54, 1.807) is 20.8 Å². The third-order valence-corrected chi connectivity index (χ3v) is 2.87. The number of hydrogen-bond donors (Lipinski definition) is 5. The van der Waals surface area contributed by atoms with E-state index in [1.807, 2.05) is 0 Å². The Labute approximate surface area is 133 Å². The number of aliphatic hydroxyl groups excluding tert-OH is 4. The van der Waals surface area contributed by atoms with Gasteiger partial charge in [0, 0.05) is 0 Å². The van der Waals surface area contributed by atoms with Crippen LogP contribution in [-0.2, 0) is 19.0 Å². The van der Waals surface area contributed by atoms with Gasteiger partial charge in [0.2, 0.25) is 0 Å². The van der Waals surface area contributed by atoms with Gasteiger partial charge in [-0.3, -0.25) is 4.79 Å². The first-order chi connectivity index (χ1) is 10.5. The van der Waals surface area contributed by atoms with Crippen molar-refractivity contribution in [1.82, 2.24) is 5.32 Å². The van der Waals surface area contributed by atoms with E-state index in [0.717, 1.165) is 0 Å². The van der Waals surface area contributed by atoms with E-state index < -0.39 is 61.5 Å². The number of carbonyl (C=O) groups excluding carboxylic acids is 2. The number of nitrogens with one attached hydrogen (secondary N) is 1.